The fourth-order valence-electron chi connectivity index (χ4n) is 2.41. The molecular formula is C17H19NO3. The van der Waals surface area contributed by atoms with E-state index in [-0.39, 0.29) is 12.6 Å². The van der Waals surface area contributed by atoms with Crippen LogP contribution in [0.2, 0.25) is 0 Å². The van der Waals surface area contributed by atoms with Crippen molar-refractivity contribution in [3.63, 3.8) is 0 Å². The molecule has 1 aliphatic heterocycles. The molecule has 0 spiro atoms. The van der Waals surface area contributed by atoms with E-state index in [1.54, 1.807) is 0 Å². The Morgan fingerprint density at radius 3 is 2.62 bits per heavy atom. The Labute approximate surface area is 124 Å². The molecule has 0 aromatic heterocycles. The van der Waals surface area contributed by atoms with E-state index in [2.05, 4.69) is 17.4 Å². The van der Waals surface area contributed by atoms with E-state index in [1.807, 2.05) is 36.4 Å². The maximum atomic E-state index is 9.51. The molecule has 1 aliphatic rings. The van der Waals surface area contributed by atoms with E-state index < -0.39 is 0 Å². The summed E-state index contributed by atoms with van der Waals surface area (Å²) in [6.45, 7) is 1.09. The lowest BCUT2D eigenvalue weighted by molar-refractivity contribution is 0.174. The van der Waals surface area contributed by atoms with Crippen molar-refractivity contribution in [1.82, 2.24) is 5.32 Å². The second-order valence-electron chi connectivity index (χ2n) is 5.14. The first-order valence-electron chi connectivity index (χ1n) is 7.12. The molecule has 0 aliphatic carbocycles. The van der Waals surface area contributed by atoms with E-state index in [1.165, 1.54) is 5.56 Å². The van der Waals surface area contributed by atoms with Crippen molar-refractivity contribution < 1.29 is 14.6 Å². The summed E-state index contributed by atoms with van der Waals surface area (Å²) in [5, 5.41) is 12.9. The van der Waals surface area contributed by atoms with E-state index in [0.717, 1.165) is 23.5 Å². The van der Waals surface area contributed by atoms with Gasteiger partial charge in [-0.25, -0.2) is 0 Å². The van der Waals surface area contributed by atoms with Crippen LogP contribution in [0.25, 0.3) is 0 Å². The van der Waals surface area contributed by atoms with Crippen LogP contribution in [0, 0.1) is 0 Å². The Morgan fingerprint density at radius 2 is 1.81 bits per heavy atom. The third-order valence-electron chi connectivity index (χ3n) is 3.58. The van der Waals surface area contributed by atoms with E-state index in [9.17, 15) is 5.11 Å². The molecule has 3 rings (SSSR count). The van der Waals surface area contributed by atoms with Crippen molar-refractivity contribution in [3.8, 4) is 11.5 Å². The first-order chi connectivity index (χ1) is 10.3. The lowest BCUT2D eigenvalue weighted by Crippen LogP contribution is -2.34. The Bertz CT molecular complexity index is 586. The highest BCUT2D eigenvalue weighted by Gasteiger charge is 2.14. The molecule has 2 aromatic rings. The number of nitrogens with one attached hydrogen (secondary N) is 1. The average Bonchev–Trinajstić information content (AvgIpc) is 3.00. The van der Waals surface area contributed by atoms with Crippen LogP contribution in [0.5, 0.6) is 11.5 Å². The number of aliphatic hydroxyl groups is 1. The minimum absolute atomic E-state index is 0.0397. The number of fused-ring (bicyclic) bond motifs is 1. The molecule has 110 valence electrons. The summed E-state index contributed by atoms with van der Waals surface area (Å²) in [5.41, 5.74) is 2.33. The summed E-state index contributed by atoms with van der Waals surface area (Å²) in [7, 11) is 0. The van der Waals surface area contributed by atoms with Gasteiger partial charge in [-0.1, -0.05) is 36.4 Å². The largest absolute Gasteiger partial charge is 0.454 e. The maximum Gasteiger partial charge on any atom is 0.231 e. The zero-order chi connectivity index (χ0) is 14.5. The molecule has 0 amide bonds. The van der Waals surface area contributed by atoms with Crippen molar-refractivity contribution in [3.05, 3.63) is 59.7 Å². The molecule has 1 unspecified atom stereocenters. The minimum Gasteiger partial charge on any atom is -0.454 e. The van der Waals surface area contributed by atoms with Gasteiger partial charge in [0.25, 0.3) is 0 Å². The standard InChI is InChI=1S/C17H19NO3/c19-11-15(8-13-4-2-1-3-5-13)18-10-14-6-7-16-17(9-14)21-12-20-16/h1-7,9,15,18-19H,8,10-12H2. The number of rotatable bonds is 6. The van der Waals surface area contributed by atoms with Crippen LogP contribution in [-0.4, -0.2) is 24.5 Å². The van der Waals surface area contributed by atoms with Gasteiger partial charge in [-0.3, -0.25) is 0 Å². The van der Waals surface area contributed by atoms with Gasteiger partial charge in [-0.05, 0) is 29.7 Å². The fraction of sp³-hybridized carbons (Fsp3) is 0.294. The number of hydrogen-bond acceptors (Lipinski definition) is 4. The molecule has 2 N–H and O–H groups in total. The number of hydrogen-bond donors (Lipinski definition) is 2. The van der Waals surface area contributed by atoms with Crippen LogP contribution >= 0.6 is 0 Å². The van der Waals surface area contributed by atoms with Gasteiger partial charge in [-0.2, -0.15) is 0 Å². The summed E-state index contributed by atoms with van der Waals surface area (Å²) in [6.07, 6.45) is 0.807. The average molecular weight is 285 g/mol. The van der Waals surface area contributed by atoms with Crippen LogP contribution in [0.15, 0.2) is 48.5 Å². The predicted molar refractivity (Wildman–Crippen MR) is 80.4 cm³/mol. The molecule has 21 heavy (non-hydrogen) atoms. The van der Waals surface area contributed by atoms with Gasteiger partial charge in [0, 0.05) is 12.6 Å². The summed E-state index contributed by atoms with van der Waals surface area (Å²) >= 11 is 0. The first kappa shape index (κ1) is 13.9. The molecule has 4 nitrogen and oxygen atoms in total. The lowest BCUT2D eigenvalue weighted by Gasteiger charge is -2.16. The molecule has 1 atom stereocenters. The van der Waals surface area contributed by atoms with Crippen molar-refractivity contribution >= 4 is 0 Å². The van der Waals surface area contributed by atoms with Crippen molar-refractivity contribution in [1.29, 1.82) is 0 Å². The van der Waals surface area contributed by atoms with Crippen LogP contribution in [0.1, 0.15) is 11.1 Å². The van der Waals surface area contributed by atoms with Gasteiger partial charge in [-0.15, -0.1) is 0 Å². The molecule has 0 saturated carbocycles. The molecule has 4 heteroatoms. The minimum atomic E-state index is 0.0397. The van der Waals surface area contributed by atoms with Gasteiger partial charge in [0.1, 0.15) is 0 Å². The van der Waals surface area contributed by atoms with Gasteiger partial charge >= 0.3 is 0 Å². The second-order valence-corrected chi connectivity index (χ2v) is 5.14. The fourth-order valence-corrected chi connectivity index (χ4v) is 2.41. The third-order valence-corrected chi connectivity index (χ3v) is 3.58. The van der Waals surface area contributed by atoms with E-state index in [4.69, 9.17) is 9.47 Å². The zero-order valence-electron chi connectivity index (χ0n) is 11.8. The summed E-state index contributed by atoms with van der Waals surface area (Å²) in [5.74, 6) is 1.58. The smallest absolute Gasteiger partial charge is 0.231 e. The molecule has 2 aromatic carbocycles. The summed E-state index contributed by atoms with van der Waals surface area (Å²) < 4.78 is 10.7. The normalized spacial score (nSPS) is 14.1. The quantitative estimate of drug-likeness (QED) is 0.853. The highest BCUT2D eigenvalue weighted by molar-refractivity contribution is 5.44. The number of ether oxygens (including phenoxy) is 2. The van der Waals surface area contributed by atoms with Gasteiger partial charge in [0.15, 0.2) is 11.5 Å². The van der Waals surface area contributed by atoms with Gasteiger partial charge in [0.05, 0.1) is 6.61 Å². The third kappa shape index (κ3) is 3.54. The van der Waals surface area contributed by atoms with E-state index in [0.29, 0.717) is 13.3 Å². The highest BCUT2D eigenvalue weighted by Crippen LogP contribution is 2.32. The monoisotopic (exact) mass is 285 g/mol. The molecule has 0 radical (unpaired) electrons. The lowest BCUT2D eigenvalue weighted by atomic mass is 10.1. The van der Waals surface area contributed by atoms with Crippen LogP contribution in [0.3, 0.4) is 0 Å². The molecule has 0 fully saturated rings. The SMILES string of the molecule is OCC(Cc1ccccc1)NCc1ccc2c(c1)OCO2. The molecular weight excluding hydrogens is 266 g/mol. The van der Waals surface area contributed by atoms with Crippen LogP contribution < -0.4 is 14.8 Å². The van der Waals surface area contributed by atoms with E-state index >= 15 is 0 Å². The zero-order valence-corrected chi connectivity index (χ0v) is 11.8. The van der Waals surface area contributed by atoms with Gasteiger partial charge < -0.3 is 19.9 Å². The van der Waals surface area contributed by atoms with Crippen molar-refractivity contribution in [2.75, 3.05) is 13.4 Å². The van der Waals surface area contributed by atoms with Crippen LogP contribution in [-0.2, 0) is 13.0 Å². The number of benzene rings is 2. The Kier molecular flexibility index (Phi) is 4.38. The second kappa shape index (κ2) is 6.61. The summed E-state index contributed by atoms with van der Waals surface area (Å²) in [4.78, 5) is 0. The molecule has 1 heterocycles. The first-order valence-corrected chi connectivity index (χ1v) is 7.12. The van der Waals surface area contributed by atoms with Crippen molar-refractivity contribution in [2.45, 2.75) is 19.0 Å². The summed E-state index contributed by atoms with van der Waals surface area (Å²) in [6, 6.07) is 16.1. The van der Waals surface area contributed by atoms with Gasteiger partial charge in [0.2, 0.25) is 6.79 Å². The van der Waals surface area contributed by atoms with Crippen molar-refractivity contribution in [2.24, 2.45) is 0 Å². The maximum absolute atomic E-state index is 9.51. The molecule has 0 bridgehead atoms. The topological polar surface area (TPSA) is 50.7 Å². The Morgan fingerprint density at radius 1 is 1.00 bits per heavy atom. The predicted octanol–water partition coefficient (Wildman–Crippen LogP) is 2.11. The molecule has 0 saturated heterocycles. The van der Waals surface area contributed by atoms with Crippen LogP contribution in [0.4, 0.5) is 0 Å². The Balaban J connectivity index is 1.58. The number of aliphatic hydroxyl groups excluding tert-OH is 1. The highest BCUT2D eigenvalue weighted by atomic mass is 16.7. The Hall–Kier alpha value is -2.04.